The Morgan fingerprint density at radius 3 is 2.50 bits per heavy atom. The summed E-state index contributed by atoms with van der Waals surface area (Å²) < 4.78 is 26.7. The van der Waals surface area contributed by atoms with Gasteiger partial charge in [0.15, 0.2) is 5.16 Å². The molecule has 2 aromatic carbocycles. The second kappa shape index (κ2) is 9.85. The summed E-state index contributed by atoms with van der Waals surface area (Å²) in [5.74, 6) is 1.13. The fraction of sp³-hybridized carbons (Fsp3) is 0.318. The van der Waals surface area contributed by atoms with Crippen molar-refractivity contribution >= 4 is 50.1 Å². The number of carbonyl (C=O) groups excluding carboxylic acids is 1. The summed E-state index contributed by atoms with van der Waals surface area (Å²) in [5.41, 5.74) is 1.42. The van der Waals surface area contributed by atoms with Crippen molar-refractivity contribution in [3.63, 3.8) is 0 Å². The van der Waals surface area contributed by atoms with Crippen LogP contribution in [-0.4, -0.2) is 54.5 Å². The summed E-state index contributed by atoms with van der Waals surface area (Å²) in [6, 6.07) is 14.1. The van der Waals surface area contributed by atoms with E-state index in [0.717, 1.165) is 29.6 Å². The van der Waals surface area contributed by atoms with Gasteiger partial charge in [-0.2, -0.15) is 4.31 Å². The second-order valence-corrected chi connectivity index (χ2v) is 10.4. The van der Waals surface area contributed by atoms with E-state index in [1.807, 2.05) is 31.3 Å². The van der Waals surface area contributed by atoms with E-state index in [1.54, 1.807) is 24.3 Å². The van der Waals surface area contributed by atoms with Crippen LogP contribution in [0, 0.1) is 0 Å². The molecule has 0 radical (unpaired) electrons. The van der Waals surface area contributed by atoms with Gasteiger partial charge in [-0.3, -0.25) is 4.79 Å². The maximum Gasteiger partial charge on any atom is 0.243 e. The number of nitrogens with one attached hydrogen (secondary N) is 2. The van der Waals surface area contributed by atoms with Gasteiger partial charge in [-0.1, -0.05) is 23.9 Å². The Kier molecular flexibility index (Phi) is 6.92. The zero-order chi connectivity index (χ0) is 22.6. The van der Waals surface area contributed by atoms with Gasteiger partial charge >= 0.3 is 0 Å². The molecular formula is C22H25N5O3S2. The van der Waals surface area contributed by atoms with Gasteiger partial charge in [-0.05, 0) is 49.2 Å². The molecule has 3 aromatic rings. The number of amides is 1. The second-order valence-electron chi connectivity index (χ2n) is 7.40. The minimum Gasteiger partial charge on any atom is -0.372 e. The van der Waals surface area contributed by atoms with Crippen molar-refractivity contribution in [2.24, 2.45) is 0 Å². The van der Waals surface area contributed by atoms with Gasteiger partial charge in [0, 0.05) is 43.4 Å². The fourth-order valence-corrected chi connectivity index (χ4v) is 5.86. The molecule has 0 saturated carbocycles. The Morgan fingerprint density at radius 1 is 1.06 bits per heavy atom. The highest BCUT2D eigenvalue weighted by Crippen LogP contribution is 2.25. The highest BCUT2D eigenvalue weighted by atomic mass is 32.2. The van der Waals surface area contributed by atoms with Crippen LogP contribution in [0.1, 0.15) is 19.3 Å². The number of aromatic nitrogens is 2. The van der Waals surface area contributed by atoms with Crippen molar-refractivity contribution in [2.75, 3.05) is 36.5 Å². The summed E-state index contributed by atoms with van der Waals surface area (Å²) in [6.45, 7) is 1.13. The number of benzene rings is 2. The van der Waals surface area contributed by atoms with Gasteiger partial charge in [-0.15, -0.1) is 0 Å². The summed E-state index contributed by atoms with van der Waals surface area (Å²) >= 11 is 1.42. The standard InChI is InChI=1S/C22H25N5O3S2/c1-23-21-18-6-2-3-7-19(18)25-22(26-21)31-15-12-20(28)24-16-8-10-17(11-9-16)32(29,30)27-13-4-5-14-27/h2-3,6-11H,4-5,12-15H2,1H3,(H,24,28)(H,23,25,26). The number of rotatable bonds is 8. The summed E-state index contributed by atoms with van der Waals surface area (Å²) in [6.07, 6.45) is 2.07. The number of nitrogens with zero attached hydrogens (tertiary/aromatic N) is 3. The molecule has 1 aromatic heterocycles. The summed E-state index contributed by atoms with van der Waals surface area (Å²) in [4.78, 5) is 21.6. The van der Waals surface area contributed by atoms with Crippen molar-refractivity contribution in [1.82, 2.24) is 14.3 Å². The Bertz CT molecular complexity index is 1210. The molecule has 10 heteroatoms. The van der Waals surface area contributed by atoms with Gasteiger partial charge in [0.05, 0.1) is 10.4 Å². The summed E-state index contributed by atoms with van der Waals surface area (Å²) in [5, 5.41) is 7.46. The number of thioether (sulfide) groups is 1. The largest absolute Gasteiger partial charge is 0.372 e. The van der Waals surface area contributed by atoms with Crippen LogP contribution in [0.15, 0.2) is 58.6 Å². The predicted octanol–water partition coefficient (Wildman–Crippen LogP) is 3.58. The van der Waals surface area contributed by atoms with E-state index in [0.29, 0.717) is 29.7 Å². The number of para-hydroxylation sites is 1. The van der Waals surface area contributed by atoms with E-state index in [1.165, 1.54) is 16.1 Å². The Labute approximate surface area is 191 Å². The molecule has 1 aliphatic rings. The molecule has 0 bridgehead atoms. The number of sulfonamides is 1. The minimum absolute atomic E-state index is 0.151. The molecular weight excluding hydrogens is 446 g/mol. The Balaban J connectivity index is 1.32. The van der Waals surface area contributed by atoms with Crippen molar-refractivity contribution in [3.05, 3.63) is 48.5 Å². The maximum absolute atomic E-state index is 12.6. The first kappa shape index (κ1) is 22.5. The predicted molar refractivity (Wildman–Crippen MR) is 127 cm³/mol. The number of hydrogen-bond acceptors (Lipinski definition) is 7. The molecule has 4 rings (SSSR count). The monoisotopic (exact) mass is 471 g/mol. The van der Waals surface area contributed by atoms with E-state index in [-0.39, 0.29) is 17.2 Å². The van der Waals surface area contributed by atoms with Crippen LogP contribution < -0.4 is 10.6 Å². The minimum atomic E-state index is -3.45. The molecule has 1 amide bonds. The molecule has 168 valence electrons. The first-order valence-electron chi connectivity index (χ1n) is 10.4. The molecule has 1 fully saturated rings. The first-order valence-corrected chi connectivity index (χ1v) is 12.9. The molecule has 0 spiro atoms. The normalized spacial score (nSPS) is 14.5. The lowest BCUT2D eigenvalue weighted by Gasteiger charge is -2.15. The fourth-order valence-electron chi connectivity index (χ4n) is 3.56. The van der Waals surface area contributed by atoms with E-state index in [2.05, 4.69) is 20.6 Å². The van der Waals surface area contributed by atoms with Gasteiger partial charge < -0.3 is 10.6 Å². The van der Waals surface area contributed by atoms with Crippen LogP contribution in [0.2, 0.25) is 0 Å². The maximum atomic E-state index is 12.6. The molecule has 2 N–H and O–H groups in total. The number of carbonyl (C=O) groups is 1. The van der Waals surface area contributed by atoms with E-state index in [4.69, 9.17) is 0 Å². The van der Waals surface area contributed by atoms with Crippen LogP contribution in [0.25, 0.3) is 10.9 Å². The number of fused-ring (bicyclic) bond motifs is 1. The third-order valence-electron chi connectivity index (χ3n) is 5.22. The van der Waals surface area contributed by atoms with E-state index in [9.17, 15) is 13.2 Å². The smallest absolute Gasteiger partial charge is 0.243 e. The molecule has 8 nitrogen and oxygen atoms in total. The first-order chi connectivity index (χ1) is 15.5. The van der Waals surface area contributed by atoms with E-state index >= 15 is 0 Å². The van der Waals surface area contributed by atoms with Gasteiger partial charge in [0.25, 0.3) is 0 Å². The van der Waals surface area contributed by atoms with Crippen molar-refractivity contribution in [3.8, 4) is 0 Å². The van der Waals surface area contributed by atoms with E-state index < -0.39 is 10.0 Å². The van der Waals surface area contributed by atoms with Gasteiger partial charge in [-0.25, -0.2) is 18.4 Å². The molecule has 32 heavy (non-hydrogen) atoms. The van der Waals surface area contributed by atoms with Gasteiger partial charge in [0.2, 0.25) is 15.9 Å². The lowest BCUT2D eigenvalue weighted by molar-refractivity contribution is -0.115. The third-order valence-corrected chi connectivity index (χ3v) is 7.98. The van der Waals surface area contributed by atoms with Gasteiger partial charge in [0.1, 0.15) is 5.82 Å². The van der Waals surface area contributed by atoms with Crippen LogP contribution in [0.5, 0.6) is 0 Å². The average molecular weight is 472 g/mol. The lowest BCUT2D eigenvalue weighted by atomic mass is 10.2. The number of hydrogen-bond donors (Lipinski definition) is 2. The highest BCUT2D eigenvalue weighted by Gasteiger charge is 2.26. The quantitative estimate of drug-likeness (QED) is 0.382. The molecule has 1 saturated heterocycles. The topological polar surface area (TPSA) is 104 Å². The summed E-state index contributed by atoms with van der Waals surface area (Å²) in [7, 11) is -1.63. The lowest BCUT2D eigenvalue weighted by Crippen LogP contribution is -2.27. The highest BCUT2D eigenvalue weighted by molar-refractivity contribution is 7.99. The molecule has 0 aliphatic carbocycles. The Morgan fingerprint density at radius 2 is 1.78 bits per heavy atom. The van der Waals surface area contributed by atoms with Crippen LogP contribution >= 0.6 is 11.8 Å². The van der Waals surface area contributed by atoms with Crippen LogP contribution in [-0.2, 0) is 14.8 Å². The SMILES string of the molecule is CNc1nc(SCCC(=O)Nc2ccc(S(=O)(=O)N3CCCC3)cc2)nc2ccccc12. The van der Waals surface area contributed by atoms with Crippen molar-refractivity contribution in [1.29, 1.82) is 0 Å². The molecule has 0 unspecified atom stereocenters. The average Bonchev–Trinajstić information content (AvgIpc) is 3.35. The molecule has 0 atom stereocenters. The van der Waals surface area contributed by atoms with Crippen molar-refractivity contribution < 1.29 is 13.2 Å². The Hall–Kier alpha value is -2.69. The molecule has 2 heterocycles. The van der Waals surface area contributed by atoms with Crippen LogP contribution in [0.4, 0.5) is 11.5 Å². The van der Waals surface area contributed by atoms with Crippen molar-refractivity contribution in [2.45, 2.75) is 29.3 Å². The zero-order valence-electron chi connectivity index (χ0n) is 17.7. The molecule has 1 aliphatic heterocycles. The third kappa shape index (κ3) is 5.03. The number of anilines is 2. The van der Waals surface area contributed by atoms with Crippen LogP contribution in [0.3, 0.4) is 0 Å². The zero-order valence-corrected chi connectivity index (χ0v) is 19.4.